The van der Waals surface area contributed by atoms with Crippen LogP contribution in [-0.4, -0.2) is 76.1 Å². The van der Waals surface area contributed by atoms with E-state index in [0.717, 1.165) is 19.3 Å². The van der Waals surface area contributed by atoms with Crippen LogP contribution in [0.25, 0.3) is 0 Å². The first-order chi connectivity index (χ1) is 23.5. The molecule has 0 aliphatic carbocycles. The number of carbonyl (C=O) groups excluding carboxylic acids is 6. The van der Waals surface area contributed by atoms with Gasteiger partial charge >= 0.3 is 6.09 Å². The number of anilines is 2. The van der Waals surface area contributed by atoms with Gasteiger partial charge in [0, 0.05) is 30.6 Å². The number of unbranched alkanes of at least 4 members (excludes halogenated alkanes) is 9. The Morgan fingerprint density at radius 3 is 2.08 bits per heavy atom. The Morgan fingerprint density at radius 2 is 1.54 bits per heavy atom. The summed E-state index contributed by atoms with van der Waals surface area (Å²) in [4.78, 5) is 81.7. The molecule has 2 N–H and O–H groups in total. The molecule has 0 saturated carbocycles. The van der Waals surface area contributed by atoms with E-state index in [0.29, 0.717) is 23.7 Å². The van der Waals surface area contributed by atoms with Gasteiger partial charge in [-0.2, -0.15) is 0 Å². The molecule has 12 nitrogen and oxygen atoms in total. The second-order valence-corrected chi connectivity index (χ2v) is 15.3. The minimum atomic E-state index is -1.81. The minimum absolute atomic E-state index is 0.0394. The van der Waals surface area contributed by atoms with E-state index in [1.807, 2.05) is 0 Å². The fraction of sp³-hybridized carbons (Fsp3) is 0.684. The predicted octanol–water partition coefficient (Wildman–Crippen LogP) is 6.86. The zero-order valence-corrected chi connectivity index (χ0v) is 31.3. The highest BCUT2D eigenvalue weighted by atomic mass is 16.6. The highest BCUT2D eigenvalue weighted by Gasteiger charge is 2.55. The van der Waals surface area contributed by atoms with Crippen LogP contribution < -0.4 is 15.4 Å². The van der Waals surface area contributed by atoms with Crippen LogP contribution in [0.2, 0.25) is 0 Å². The molecular formula is C38H58N4O8. The molecule has 12 heteroatoms. The average molecular weight is 699 g/mol. The molecule has 0 aromatic heterocycles. The molecule has 2 heterocycles. The van der Waals surface area contributed by atoms with Gasteiger partial charge in [0.25, 0.3) is 11.8 Å². The van der Waals surface area contributed by atoms with Gasteiger partial charge in [-0.1, -0.05) is 85.5 Å². The number of nitrogens with zero attached hydrogens (tertiary/aromatic N) is 2. The summed E-state index contributed by atoms with van der Waals surface area (Å²) in [6.07, 6.45) is 10.8. The molecule has 2 fully saturated rings. The Morgan fingerprint density at radius 1 is 0.940 bits per heavy atom. The summed E-state index contributed by atoms with van der Waals surface area (Å²) in [7, 11) is 0. The molecule has 50 heavy (non-hydrogen) atoms. The number of hydrogen-bond donors (Lipinski definition) is 2. The molecule has 278 valence electrons. The van der Waals surface area contributed by atoms with Gasteiger partial charge in [0.15, 0.2) is 17.4 Å². The lowest BCUT2D eigenvalue weighted by Crippen LogP contribution is -2.55. The van der Waals surface area contributed by atoms with Crippen LogP contribution in [0.4, 0.5) is 16.2 Å². The monoisotopic (exact) mass is 698 g/mol. The number of benzene rings is 1. The van der Waals surface area contributed by atoms with Crippen molar-refractivity contribution < 1.29 is 38.2 Å². The lowest BCUT2D eigenvalue weighted by atomic mass is 9.85. The quantitative estimate of drug-likeness (QED) is 0.117. The van der Waals surface area contributed by atoms with Crippen molar-refractivity contribution in [1.29, 1.82) is 0 Å². The van der Waals surface area contributed by atoms with Gasteiger partial charge in [0.1, 0.15) is 5.75 Å². The standard InChI is InChI=1S/C38H58N4O8/c1-9-10-11-12-13-14-15-16-17-18-21-41-24-26(22-30(41)43)33(45)39-27-19-20-29(49-25(2)3)28(23-27)40-34(46)31(32(44)37(4,5)6)42-35(47)38(7,8)50-36(42)48/h19-20,23,25-26,31H,9-18,21-22,24H2,1-8H3,(H,39,45)(H,40,46). The van der Waals surface area contributed by atoms with Crippen molar-refractivity contribution in [2.45, 2.75) is 144 Å². The first-order valence-electron chi connectivity index (χ1n) is 18.3. The smallest absolute Gasteiger partial charge is 0.418 e. The summed E-state index contributed by atoms with van der Waals surface area (Å²) in [5, 5.41) is 5.52. The number of cyclic esters (lactones) is 1. The molecule has 1 aromatic rings. The second kappa shape index (κ2) is 17.8. The van der Waals surface area contributed by atoms with Crippen LogP contribution in [0.3, 0.4) is 0 Å². The van der Waals surface area contributed by atoms with Crippen LogP contribution in [0, 0.1) is 11.3 Å². The van der Waals surface area contributed by atoms with Crippen molar-refractivity contribution in [3.63, 3.8) is 0 Å². The van der Waals surface area contributed by atoms with E-state index in [1.165, 1.54) is 64.9 Å². The third-order valence-electron chi connectivity index (χ3n) is 9.00. The zero-order chi connectivity index (χ0) is 37.2. The Hall–Kier alpha value is -3.96. The van der Waals surface area contributed by atoms with Gasteiger partial charge in [-0.15, -0.1) is 0 Å². The zero-order valence-electron chi connectivity index (χ0n) is 31.3. The first-order valence-corrected chi connectivity index (χ1v) is 18.3. The number of ketones is 1. The van der Waals surface area contributed by atoms with Gasteiger partial charge in [0.2, 0.25) is 11.8 Å². The van der Waals surface area contributed by atoms with E-state index in [9.17, 15) is 28.8 Å². The van der Waals surface area contributed by atoms with Gasteiger partial charge in [-0.05, 0) is 52.3 Å². The molecule has 2 unspecified atom stereocenters. The van der Waals surface area contributed by atoms with Crippen LogP contribution in [0.15, 0.2) is 18.2 Å². The summed E-state index contributed by atoms with van der Waals surface area (Å²) in [6.45, 7) is 14.3. The van der Waals surface area contributed by atoms with Crippen molar-refractivity contribution in [1.82, 2.24) is 9.80 Å². The van der Waals surface area contributed by atoms with E-state index < -0.39 is 46.7 Å². The maximum atomic E-state index is 13.8. The van der Waals surface area contributed by atoms with E-state index in [2.05, 4.69) is 17.6 Å². The molecule has 2 aliphatic heterocycles. The van der Waals surface area contributed by atoms with Crippen molar-refractivity contribution in [2.75, 3.05) is 23.7 Å². The first kappa shape index (κ1) is 40.5. The molecule has 0 bridgehead atoms. The summed E-state index contributed by atoms with van der Waals surface area (Å²) >= 11 is 0. The summed E-state index contributed by atoms with van der Waals surface area (Å²) in [5.74, 6) is -3.05. The van der Waals surface area contributed by atoms with Gasteiger partial charge in [-0.25, -0.2) is 9.69 Å². The Kier molecular flexibility index (Phi) is 14.4. The maximum Gasteiger partial charge on any atom is 0.418 e. The van der Waals surface area contributed by atoms with Crippen molar-refractivity contribution in [3.05, 3.63) is 18.2 Å². The average Bonchev–Trinajstić information content (AvgIpc) is 3.49. The van der Waals surface area contributed by atoms with E-state index in [4.69, 9.17) is 9.47 Å². The Labute approximate surface area is 297 Å². The lowest BCUT2D eigenvalue weighted by Gasteiger charge is -2.29. The normalized spacial score (nSPS) is 18.0. The molecule has 5 amide bonds. The van der Waals surface area contributed by atoms with Crippen LogP contribution in [0.1, 0.15) is 126 Å². The summed E-state index contributed by atoms with van der Waals surface area (Å²) < 4.78 is 11.1. The third-order valence-corrected chi connectivity index (χ3v) is 9.00. The number of likely N-dealkylation sites (tertiary alicyclic amines) is 1. The lowest BCUT2D eigenvalue weighted by molar-refractivity contribution is -0.145. The molecule has 2 atom stereocenters. The van der Waals surface area contributed by atoms with E-state index >= 15 is 0 Å². The van der Waals surface area contributed by atoms with E-state index in [1.54, 1.807) is 51.7 Å². The van der Waals surface area contributed by atoms with Gasteiger partial charge in [-0.3, -0.25) is 24.0 Å². The van der Waals surface area contributed by atoms with Crippen LogP contribution in [0.5, 0.6) is 5.75 Å². The summed E-state index contributed by atoms with van der Waals surface area (Å²) in [6, 6.07) is 2.86. The molecule has 2 saturated heterocycles. The van der Waals surface area contributed by atoms with Gasteiger partial charge < -0.3 is 25.0 Å². The number of ether oxygens (including phenoxy) is 2. The predicted molar refractivity (Wildman–Crippen MR) is 192 cm³/mol. The number of Topliss-reactive ketones (excluding diaryl/α,β-unsaturated/α-hetero) is 1. The van der Waals surface area contributed by atoms with Crippen molar-refractivity contribution in [2.24, 2.45) is 11.3 Å². The number of imide groups is 1. The SMILES string of the molecule is CCCCCCCCCCCCN1CC(C(=O)Nc2ccc(OC(C)C)c(NC(=O)C(C(=O)C(C)(C)C)N3C(=O)OC(C)(C)C3=O)c2)CC1=O. The number of carbonyl (C=O) groups is 6. The van der Waals surface area contributed by atoms with Crippen LogP contribution in [-0.2, 0) is 28.7 Å². The van der Waals surface area contributed by atoms with Crippen molar-refractivity contribution in [3.8, 4) is 5.75 Å². The van der Waals surface area contributed by atoms with E-state index in [-0.39, 0.29) is 35.8 Å². The number of hydrogen-bond acceptors (Lipinski definition) is 8. The highest BCUT2D eigenvalue weighted by Crippen LogP contribution is 2.33. The third kappa shape index (κ3) is 11.0. The summed E-state index contributed by atoms with van der Waals surface area (Å²) in [5.41, 5.74) is -2.19. The number of nitrogens with one attached hydrogen (secondary N) is 2. The molecule has 3 rings (SSSR count). The topological polar surface area (TPSA) is 151 Å². The molecular weight excluding hydrogens is 640 g/mol. The number of rotatable bonds is 19. The fourth-order valence-electron chi connectivity index (χ4n) is 6.13. The van der Waals surface area contributed by atoms with Crippen LogP contribution >= 0.6 is 0 Å². The maximum absolute atomic E-state index is 13.8. The molecule has 0 radical (unpaired) electrons. The fourth-order valence-corrected chi connectivity index (χ4v) is 6.13. The highest BCUT2D eigenvalue weighted by molar-refractivity contribution is 6.19. The Balaban J connectivity index is 1.67. The van der Waals surface area contributed by atoms with Crippen molar-refractivity contribution >= 4 is 46.9 Å². The molecule has 2 aliphatic rings. The number of amides is 5. The minimum Gasteiger partial charge on any atom is -0.489 e. The Bertz CT molecular complexity index is 1400. The molecule has 0 spiro atoms. The second-order valence-electron chi connectivity index (χ2n) is 15.3. The largest absolute Gasteiger partial charge is 0.489 e. The van der Waals surface area contributed by atoms with Gasteiger partial charge in [0.05, 0.1) is 17.7 Å². The molecule has 1 aromatic carbocycles.